The van der Waals surface area contributed by atoms with Crippen molar-refractivity contribution in [1.82, 2.24) is 15.1 Å². The Morgan fingerprint density at radius 3 is 2.59 bits per heavy atom. The lowest BCUT2D eigenvalue weighted by Crippen LogP contribution is -2.53. The third-order valence-corrected chi connectivity index (χ3v) is 4.88. The molecule has 3 amide bonds. The molecule has 0 spiro atoms. The van der Waals surface area contributed by atoms with E-state index in [4.69, 9.17) is 9.47 Å². The summed E-state index contributed by atoms with van der Waals surface area (Å²) in [6, 6.07) is -0.0515. The number of likely N-dealkylation sites (tertiary alicyclic amines) is 2. The molecule has 1 N–H and O–H groups in total. The molecule has 126 valence electrons. The van der Waals surface area contributed by atoms with Crippen molar-refractivity contribution in [2.75, 3.05) is 60.2 Å². The number of hydrogen-bond acceptors (Lipinski definition) is 4. The molecule has 2 fully saturated rings. The van der Waals surface area contributed by atoms with Crippen molar-refractivity contribution < 1.29 is 19.1 Å². The van der Waals surface area contributed by atoms with Crippen molar-refractivity contribution in [3.05, 3.63) is 0 Å². The van der Waals surface area contributed by atoms with Crippen LogP contribution in [0.25, 0.3) is 0 Å². The van der Waals surface area contributed by atoms with Crippen LogP contribution in [0.15, 0.2) is 0 Å². The van der Waals surface area contributed by atoms with Gasteiger partial charge in [-0.25, -0.2) is 4.79 Å². The number of carbonyl (C=O) groups excluding carboxylic acids is 2. The van der Waals surface area contributed by atoms with Crippen molar-refractivity contribution in [1.29, 1.82) is 0 Å². The Bertz CT molecular complexity index is 418. The smallest absolute Gasteiger partial charge is 0.317 e. The summed E-state index contributed by atoms with van der Waals surface area (Å²) >= 11 is 0. The van der Waals surface area contributed by atoms with E-state index < -0.39 is 0 Å². The Morgan fingerprint density at radius 2 is 1.95 bits per heavy atom. The number of piperidine rings is 1. The second-order valence-corrected chi connectivity index (χ2v) is 6.31. The van der Waals surface area contributed by atoms with E-state index in [1.807, 2.05) is 9.80 Å². The zero-order chi connectivity index (χ0) is 16.2. The zero-order valence-electron chi connectivity index (χ0n) is 13.8. The lowest BCUT2D eigenvalue weighted by molar-refractivity contribution is -0.128. The molecular weight excluding hydrogens is 286 g/mol. The number of amides is 3. The van der Waals surface area contributed by atoms with Crippen molar-refractivity contribution in [3.63, 3.8) is 0 Å². The highest BCUT2D eigenvalue weighted by molar-refractivity contribution is 5.75. The van der Waals surface area contributed by atoms with Gasteiger partial charge in [-0.15, -0.1) is 0 Å². The number of carbonyl (C=O) groups is 2. The number of fused-ring (bicyclic) bond motifs is 1. The van der Waals surface area contributed by atoms with E-state index in [2.05, 4.69) is 5.32 Å². The van der Waals surface area contributed by atoms with Crippen LogP contribution in [-0.2, 0) is 14.3 Å². The molecule has 0 radical (unpaired) electrons. The molecular formula is C15H27N3O4. The molecule has 0 aliphatic carbocycles. The average molecular weight is 313 g/mol. The predicted octanol–water partition coefficient (Wildman–Crippen LogP) is 0.159. The largest absolute Gasteiger partial charge is 0.384 e. The molecule has 2 aliphatic rings. The maximum absolute atomic E-state index is 12.2. The quantitative estimate of drug-likeness (QED) is 0.734. The summed E-state index contributed by atoms with van der Waals surface area (Å²) in [6.45, 7) is 6.08. The number of methoxy groups -OCH3 is 2. The van der Waals surface area contributed by atoms with Gasteiger partial charge in [0, 0.05) is 65.2 Å². The molecule has 0 saturated carbocycles. The summed E-state index contributed by atoms with van der Waals surface area (Å²) < 4.78 is 10.4. The van der Waals surface area contributed by atoms with Crippen LogP contribution in [0.1, 0.15) is 13.3 Å². The predicted molar refractivity (Wildman–Crippen MR) is 81.5 cm³/mol. The van der Waals surface area contributed by atoms with E-state index in [9.17, 15) is 9.59 Å². The molecule has 7 heteroatoms. The highest BCUT2D eigenvalue weighted by atomic mass is 16.5. The minimum Gasteiger partial charge on any atom is -0.384 e. The van der Waals surface area contributed by atoms with Crippen LogP contribution < -0.4 is 5.32 Å². The molecule has 2 rings (SSSR count). The van der Waals surface area contributed by atoms with Crippen LogP contribution in [0.5, 0.6) is 0 Å². The summed E-state index contributed by atoms with van der Waals surface area (Å²) in [5.41, 5.74) is -0.0102. The van der Waals surface area contributed by atoms with Crippen molar-refractivity contribution >= 4 is 11.9 Å². The summed E-state index contributed by atoms with van der Waals surface area (Å²) in [5.74, 6) is 0.374. The molecule has 2 aliphatic heterocycles. The molecule has 0 aromatic rings. The normalized spacial score (nSPS) is 27.7. The SMILES string of the molecule is COCCNC(=O)N1CC[C@@]2(COC)CN(C(C)=O)C[C@H]2C1. The van der Waals surface area contributed by atoms with Gasteiger partial charge < -0.3 is 24.6 Å². The van der Waals surface area contributed by atoms with Gasteiger partial charge in [0.2, 0.25) is 5.91 Å². The van der Waals surface area contributed by atoms with Gasteiger partial charge in [0.05, 0.1) is 13.2 Å². The molecule has 0 aromatic carbocycles. The number of nitrogens with one attached hydrogen (secondary N) is 1. The summed E-state index contributed by atoms with van der Waals surface area (Å²) in [6.07, 6.45) is 0.868. The molecule has 2 heterocycles. The van der Waals surface area contributed by atoms with Gasteiger partial charge in [-0.05, 0) is 6.42 Å². The van der Waals surface area contributed by atoms with Crippen LogP contribution in [-0.4, -0.2) is 81.9 Å². The van der Waals surface area contributed by atoms with Gasteiger partial charge in [-0.3, -0.25) is 4.79 Å². The molecule has 0 aromatic heterocycles. The number of hydrogen-bond donors (Lipinski definition) is 1. The van der Waals surface area contributed by atoms with Gasteiger partial charge >= 0.3 is 6.03 Å². The Morgan fingerprint density at radius 1 is 1.23 bits per heavy atom. The highest BCUT2D eigenvalue weighted by Crippen LogP contribution is 2.43. The maximum atomic E-state index is 12.2. The second-order valence-electron chi connectivity index (χ2n) is 6.31. The molecule has 22 heavy (non-hydrogen) atoms. The van der Waals surface area contributed by atoms with E-state index >= 15 is 0 Å². The van der Waals surface area contributed by atoms with E-state index in [0.717, 1.165) is 13.0 Å². The lowest BCUT2D eigenvalue weighted by atomic mass is 9.73. The van der Waals surface area contributed by atoms with E-state index in [1.54, 1.807) is 21.1 Å². The first-order valence-electron chi connectivity index (χ1n) is 7.78. The van der Waals surface area contributed by atoms with E-state index in [1.165, 1.54) is 0 Å². The average Bonchev–Trinajstić information content (AvgIpc) is 2.86. The summed E-state index contributed by atoms with van der Waals surface area (Å²) in [7, 11) is 3.31. The molecule has 0 bridgehead atoms. The number of nitrogens with zero attached hydrogens (tertiary/aromatic N) is 2. The first kappa shape index (κ1) is 17.0. The van der Waals surface area contributed by atoms with Gasteiger partial charge in [-0.2, -0.15) is 0 Å². The van der Waals surface area contributed by atoms with Crippen molar-refractivity contribution in [3.8, 4) is 0 Å². The third kappa shape index (κ3) is 3.52. The molecule has 0 unspecified atom stereocenters. The lowest BCUT2D eigenvalue weighted by Gasteiger charge is -2.42. The van der Waals surface area contributed by atoms with Crippen molar-refractivity contribution in [2.45, 2.75) is 13.3 Å². The standard InChI is InChI=1S/C15H27N3O4/c1-12(19)18-9-13-8-17(14(20)16-5-7-21-2)6-4-15(13,10-18)11-22-3/h13H,4-11H2,1-3H3,(H,16,20)/t13-,15+/m1/s1. The van der Waals surface area contributed by atoms with Crippen molar-refractivity contribution in [2.24, 2.45) is 11.3 Å². The third-order valence-electron chi connectivity index (χ3n) is 4.88. The Labute approximate surface area is 131 Å². The van der Waals surface area contributed by atoms with E-state index in [-0.39, 0.29) is 23.3 Å². The summed E-state index contributed by atoms with van der Waals surface area (Å²) in [5, 5.41) is 2.86. The number of urea groups is 1. The van der Waals surface area contributed by atoms with Crippen LogP contribution >= 0.6 is 0 Å². The monoisotopic (exact) mass is 313 g/mol. The van der Waals surface area contributed by atoms with Crippen LogP contribution in [0.3, 0.4) is 0 Å². The van der Waals surface area contributed by atoms with Crippen LogP contribution in [0, 0.1) is 11.3 Å². The Kier molecular flexibility index (Phi) is 5.63. The molecule has 7 nitrogen and oxygen atoms in total. The first-order valence-corrected chi connectivity index (χ1v) is 7.78. The minimum atomic E-state index is -0.0515. The van der Waals surface area contributed by atoms with Crippen LogP contribution in [0.4, 0.5) is 4.79 Å². The molecule has 2 atom stereocenters. The number of ether oxygens (including phenoxy) is 2. The number of rotatable bonds is 5. The van der Waals surface area contributed by atoms with Gasteiger partial charge in [0.25, 0.3) is 0 Å². The van der Waals surface area contributed by atoms with Gasteiger partial charge in [0.15, 0.2) is 0 Å². The fourth-order valence-electron chi connectivity index (χ4n) is 3.60. The Balaban J connectivity index is 1.98. The zero-order valence-corrected chi connectivity index (χ0v) is 13.8. The minimum absolute atomic E-state index is 0.0102. The fourth-order valence-corrected chi connectivity index (χ4v) is 3.60. The topological polar surface area (TPSA) is 71.1 Å². The molecule has 2 saturated heterocycles. The Hall–Kier alpha value is -1.34. The van der Waals surface area contributed by atoms with E-state index in [0.29, 0.717) is 39.4 Å². The maximum Gasteiger partial charge on any atom is 0.317 e. The van der Waals surface area contributed by atoms with Gasteiger partial charge in [-0.1, -0.05) is 0 Å². The fraction of sp³-hybridized carbons (Fsp3) is 0.867. The summed E-state index contributed by atoms with van der Waals surface area (Å²) in [4.78, 5) is 27.6. The highest BCUT2D eigenvalue weighted by Gasteiger charge is 2.50. The van der Waals surface area contributed by atoms with Gasteiger partial charge in [0.1, 0.15) is 0 Å². The second kappa shape index (κ2) is 7.28. The van der Waals surface area contributed by atoms with Crippen LogP contribution in [0.2, 0.25) is 0 Å². The first-order chi connectivity index (χ1) is 10.5.